The molecule has 116 valence electrons. The highest BCUT2D eigenvalue weighted by Crippen LogP contribution is 2.28. The Morgan fingerprint density at radius 2 is 1.45 bits per heavy atom. The van der Waals surface area contributed by atoms with Gasteiger partial charge in [0, 0.05) is 0 Å². The topological polar surface area (TPSA) is 12.5 Å². The van der Waals surface area contributed by atoms with Crippen LogP contribution in [0.2, 0.25) is 0 Å². The molecule has 1 rings (SSSR count). The molecular formula is C19H34O. The first-order chi connectivity index (χ1) is 9.88. The summed E-state index contributed by atoms with van der Waals surface area (Å²) in [7, 11) is 0. The van der Waals surface area contributed by atoms with Gasteiger partial charge in [0.15, 0.2) is 0 Å². The molecule has 1 fully saturated rings. The summed E-state index contributed by atoms with van der Waals surface area (Å²) >= 11 is 0. The van der Waals surface area contributed by atoms with Crippen LogP contribution in [0, 0.1) is 0 Å². The minimum atomic E-state index is 0.521. The van der Waals surface area contributed by atoms with E-state index in [0.717, 1.165) is 19.3 Å². The molecule has 1 aliphatic heterocycles. The van der Waals surface area contributed by atoms with Gasteiger partial charge in [0.2, 0.25) is 0 Å². The highest BCUT2D eigenvalue weighted by atomic mass is 16.6. The Morgan fingerprint density at radius 3 is 2.15 bits per heavy atom. The maximum atomic E-state index is 5.50. The molecule has 0 N–H and O–H groups in total. The van der Waals surface area contributed by atoms with Gasteiger partial charge in [-0.05, 0) is 32.1 Å². The summed E-state index contributed by atoms with van der Waals surface area (Å²) in [6.45, 7) is 4.47. The normalized spacial score (nSPS) is 22.1. The number of allylic oxidation sites excluding steroid dienone is 3. The minimum Gasteiger partial charge on any atom is -0.369 e. The lowest BCUT2D eigenvalue weighted by atomic mass is 10.1. The number of hydrogen-bond donors (Lipinski definition) is 0. The molecule has 1 saturated heterocycles. The lowest BCUT2D eigenvalue weighted by Gasteiger charge is -1.98. The van der Waals surface area contributed by atoms with E-state index < -0.39 is 0 Å². The highest BCUT2D eigenvalue weighted by Gasteiger charge is 2.35. The fraction of sp³-hybridized carbons (Fsp3) is 0.789. The van der Waals surface area contributed by atoms with E-state index in [0.29, 0.717) is 12.2 Å². The fourth-order valence-electron chi connectivity index (χ4n) is 2.58. The van der Waals surface area contributed by atoms with Crippen LogP contribution in [0.15, 0.2) is 24.3 Å². The molecule has 0 radical (unpaired) electrons. The first kappa shape index (κ1) is 17.5. The van der Waals surface area contributed by atoms with Crippen molar-refractivity contribution in [2.24, 2.45) is 0 Å². The molecule has 1 heteroatoms. The largest absolute Gasteiger partial charge is 0.369 e. The van der Waals surface area contributed by atoms with Crippen LogP contribution in [-0.4, -0.2) is 12.2 Å². The molecule has 0 aromatic heterocycles. The predicted octanol–water partition coefficient (Wildman–Crippen LogP) is 6.20. The van der Waals surface area contributed by atoms with Crippen LogP contribution < -0.4 is 0 Å². The molecule has 0 aromatic rings. The van der Waals surface area contributed by atoms with Gasteiger partial charge in [-0.15, -0.1) is 0 Å². The van der Waals surface area contributed by atoms with E-state index >= 15 is 0 Å². The molecule has 0 saturated carbocycles. The third-order valence-corrected chi connectivity index (χ3v) is 4.04. The van der Waals surface area contributed by atoms with Crippen molar-refractivity contribution in [1.29, 1.82) is 0 Å². The van der Waals surface area contributed by atoms with Gasteiger partial charge in [-0.3, -0.25) is 0 Å². The number of ether oxygens (including phenoxy) is 1. The summed E-state index contributed by atoms with van der Waals surface area (Å²) in [5.74, 6) is 0. The van der Waals surface area contributed by atoms with E-state index in [1.165, 1.54) is 51.4 Å². The van der Waals surface area contributed by atoms with E-state index in [-0.39, 0.29) is 0 Å². The Morgan fingerprint density at radius 1 is 0.750 bits per heavy atom. The fourth-order valence-corrected chi connectivity index (χ4v) is 2.58. The maximum Gasteiger partial charge on any atom is 0.0876 e. The van der Waals surface area contributed by atoms with E-state index in [2.05, 4.69) is 38.2 Å². The Bertz CT molecular complexity index is 267. The van der Waals surface area contributed by atoms with Crippen LogP contribution in [0.5, 0.6) is 0 Å². The highest BCUT2D eigenvalue weighted by molar-refractivity contribution is 4.97. The van der Waals surface area contributed by atoms with Gasteiger partial charge >= 0.3 is 0 Å². The molecule has 0 bridgehead atoms. The Kier molecular flexibility index (Phi) is 10.7. The average molecular weight is 278 g/mol. The van der Waals surface area contributed by atoms with Crippen LogP contribution in [0.3, 0.4) is 0 Å². The van der Waals surface area contributed by atoms with Crippen molar-refractivity contribution in [3.63, 3.8) is 0 Å². The molecule has 0 aromatic carbocycles. The zero-order valence-electron chi connectivity index (χ0n) is 13.7. The number of epoxide rings is 1. The van der Waals surface area contributed by atoms with E-state index in [9.17, 15) is 0 Å². The molecule has 1 aliphatic rings. The van der Waals surface area contributed by atoms with Crippen molar-refractivity contribution in [1.82, 2.24) is 0 Å². The van der Waals surface area contributed by atoms with Gasteiger partial charge < -0.3 is 4.74 Å². The standard InChI is InChI=1S/C19H34O/c1-3-5-6-7-8-9-10-11-12-13-14-15-16-17-19-18(4-2)20-19/h12-13,15-16,18-19H,3-11,14,17H2,1-2H3/b13-12-,16-15-. The monoisotopic (exact) mass is 278 g/mol. The second-order valence-electron chi connectivity index (χ2n) is 5.95. The van der Waals surface area contributed by atoms with E-state index in [1.807, 2.05) is 0 Å². The van der Waals surface area contributed by atoms with Crippen molar-refractivity contribution >= 4 is 0 Å². The SMILES string of the molecule is CCCCCCCCC/C=C\C/C=C\CC1OC1CC. The summed E-state index contributed by atoms with van der Waals surface area (Å²) < 4.78 is 5.50. The van der Waals surface area contributed by atoms with Gasteiger partial charge in [-0.1, -0.05) is 76.7 Å². The first-order valence-electron chi connectivity index (χ1n) is 8.84. The van der Waals surface area contributed by atoms with Crippen molar-refractivity contribution in [3.05, 3.63) is 24.3 Å². The van der Waals surface area contributed by atoms with Gasteiger partial charge in [-0.25, -0.2) is 0 Å². The van der Waals surface area contributed by atoms with Gasteiger partial charge in [-0.2, -0.15) is 0 Å². The zero-order valence-corrected chi connectivity index (χ0v) is 13.7. The molecule has 1 heterocycles. The van der Waals surface area contributed by atoms with Crippen LogP contribution in [0.1, 0.15) is 84.5 Å². The summed E-state index contributed by atoms with van der Waals surface area (Å²) in [6.07, 6.45) is 24.7. The summed E-state index contributed by atoms with van der Waals surface area (Å²) in [6, 6.07) is 0. The summed E-state index contributed by atoms with van der Waals surface area (Å²) in [4.78, 5) is 0. The molecule has 0 spiro atoms. The van der Waals surface area contributed by atoms with E-state index in [4.69, 9.17) is 4.74 Å². The molecule has 1 nitrogen and oxygen atoms in total. The maximum absolute atomic E-state index is 5.50. The van der Waals surface area contributed by atoms with Crippen LogP contribution in [0.4, 0.5) is 0 Å². The van der Waals surface area contributed by atoms with Crippen molar-refractivity contribution < 1.29 is 4.74 Å². The average Bonchev–Trinajstić information content (AvgIpc) is 3.22. The quantitative estimate of drug-likeness (QED) is 0.222. The Labute approximate surface area is 126 Å². The second-order valence-corrected chi connectivity index (χ2v) is 5.95. The third kappa shape index (κ3) is 9.36. The second kappa shape index (κ2) is 12.2. The van der Waals surface area contributed by atoms with Crippen molar-refractivity contribution in [3.8, 4) is 0 Å². The lowest BCUT2D eigenvalue weighted by Crippen LogP contribution is -1.88. The van der Waals surface area contributed by atoms with Gasteiger partial charge in [0.05, 0.1) is 12.2 Å². The first-order valence-corrected chi connectivity index (χ1v) is 8.84. The third-order valence-electron chi connectivity index (χ3n) is 4.04. The molecule has 0 amide bonds. The summed E-state index contributed by atoms with van der Waals surface area (Å²) in [5.41, 5.74) is 0. The van der Waals surface area contributed by atoms with Crippen LogP contribution >= 0.6 is 0 Å². The Hall–Kier alpha value is -0.560. The predicted molar refractivity (Wildman–Crippen MR) is 89.1 cm³/mol. The van der Waals surface area contributed by atoms with Crippen molar-refractivity contribution in [2.75, 3.05) is 0 Å². The van der Waals surface area contributed by atoms with Crippen LogP contribution in [0.25, 0.3) is 0 Å². The zero-order chi connectivity index (χ0) is 14.5. The lowest BCUT2D eigenvalue weighted by molar-refractivity contribution is 0.367. The summed E-state index contributed by atoms with van der Waals surface area (Å²) in [5, 5.41) is 0. The van der Waals surface area contributed by atoms with Crippen molar-refractivity contribution in [2.45, 2.75) is 96.7 Å². The smallest absolute Gasteiger partial charge is 0.0876 e. The molecule has 2 unspecified atom stereocenters. The molecular weight excluding hydrogens is 244 g/mol. The minimum absolute atomic E-state index is 0.521. The van der Waals surface area contributed by atoms with Gasteiger partial charge in [0.25, 0.3) is 0 Å². The molecule has 0 aliphatic carbocycles. The number of rotatable bonds is 13. The molecule has 2 atom stereocenters. The number of unbranched alkanes of at least 4 members (excludes halogenated alkanes) is 7. The van der Waals surface area contributed by atoms with Gasteiger partial charge in [0.1, 0.15) is 0 Å². The van der Waals surface area contributed by atoms with Crippen LogP contribution in [-0.2, 0) is 4.74 Å². The Balaban J connectivity index is 1.79. The number of hydrogen-bond acceptors (Lipinski definition) is 1. The molecule has 20 heavy (non-hydrogen) atoms. The van der Waals surface area contributed by atoms with E-state index in [1.54, 1.807) is 0 Å².